The fourth-order valence-corrected chi connectivity index (χ4v) is 3.96. The highest BCUT2D eigenvalue weighted by Crippen LogP contribution is 2.54. The fraction of sp³-hybridized carbons (Fsp3) is 1.00. The molecule has 19 heavy (non-hydrogen) atoms. The van der Waals surface area contributed by atoms with Gasteiger partial charge in [-0.05, 0) is 27.7 Å². The van der Waals surface area contributed by atoms with Gasteiger partial charge in [-0.3, -0.25) is 9.05 Å². The first-order valence-electron chi connectivity index (χ1n) is 6.77. The summed E-state index contributed by atoms with van der Waals surface area (Å²) in [7, 11) is -3.27. The lowest BCUT2D eigenvalue weighted by Gasteiger charge is -2.31. The highest BCUT2D eigenvalue weighted by molar-refractivity contribution is 7.51. The summed E-state index contributed by atoms with van der Waals surface area (Å²) in [4.78, 5) is 0. The summed E-state index contributed by atoms with van der Waals surface area (Å²) in [5, 5.41) is 0. The van der Waals surface area contributed by atoms with E-state index in [-0.39, 0.29) is 11.2 Å². The van der Waals surface area contributed by atoms with E-state index in [0.29, 0.717) is 39.5 Å². The quantitative estimate of drug-likeness (QED) is 0.479. The van der Waals surface area contributed by atoms with Gasteiger partial charge in [-0.1, -0.05) is 0 Å². The smallest absolute Gasteiger partial charge is 0.368 e. The van der Waals surface area contributed by atoms with Gasteiger partial charge >= 0.3 is 7.75 Å². The molecule has 2 unspecified atom stereocenters. The van der Waals surface area contributed by atoms with Gasteiger partial charge in [-0.15, -0.1) is 0 Å². The van der Waals surface area contributed by atoms with Crippen LogP contribution < -0.4 is 0 Å². The Labute approximate surface area is 114 Å². The first kappa shape index (κ1) is 15.4. The number of hydrogen-bond acceptors (Lipinski definition) is 5. The van der Waals surface area contributed by atoms with Crippen molar-refractivity contribution in [3.05, 3.63) is 0 Å². The minimum Gasteiger partial charge on any atom is -0.368 e. The van der Waals surface area contributed by atoms with Crippen LogP contribution in [0.5, 0.6) is 0 Å². The van der Waals surface area contributed by atoms with Crippen molar-refractivity contribution < 1.29 is 23.1 Å². The van der Waals surface area contributed by atoms with Crippen molar-refractivity contribution in [2.24, 2.45) is 0 Å². The minimum atomic E-state index is -3.27. The predicted molar refractivity (Wildman–Crippen MR) is 71.1 cm³/mol. The van der Waals surface area contributed by atoms with Crippen molar-refractivity contribution >= 4 is 7.75 Å². The van der Waals surface area contributed by atoms with Gasteiger partial charge in [0.2, 0.25) is 0 Å². The van der Waals surface area contributed by atoms with Crippen molar-refractivity contribution in [3.8, 4) is 0 Å². The molecular formula is C12H24NO5P. The molecule has 0 spiro atoms. The number of epoxide rings is 2. The van der Waals surface area contributed by atoms with Crippen LogP contribution in [0.2, 0.25) is 0 Å². The standard InChI is InChI=1S/C12H24NO5P/c1-5-17-19(14,18-6-2)13(7-11(3)9-15-11)8-12(4)10-16-12/h5-10H2,1-4H3. The van der Waals surface area contributed by atoms with Gasteiger partial charge in [0.1, 0.15) is 11.2 Å². The predicted octanol–water partition coefficient (Wildman–Crippen LogP) is 2.05. The van der Waals surface area contributed by atoms with E-state index >= 15 is 0 Å². The highest BCUT2D eigenvalue weighted by Gasteiger charge is 2.51. The number of hydrogen-bond donors (Lipinski definition) is 0. The molecule has 112 valence electrons. The molecule has 2 aliphatic heterocycles. The first-order valence-corrected chi connectivity index (χ1v) is 8.27. The maximum atomic E-state index is 12.9. The average Bonchev–Trinajstić information content (AvgIpc) is 3.21. The van der Waals surface area contributed by atoms with Crippen LogP contribution >= 0.6 is 7.75 Å². The van der Waals surface area contributed by atoms with Gasteiger partial charge in [0.05, 0.1) is 26.4 Å². The second-order valence-electron chi connectivity index (χ2n) is 5.60. The molecule has 0 aromatic heterocycles. The van der Waals surface area contributed by atoms with E-state index in [9.17, 15) is 4.57 Å². The van der Waals surface area contributed by atoms with Crippen LogP contribution in [0.15, 0.2) is 0 Å². The van der Waals surface area contributed by atoms with E-state index in [4.69, 9.17) is 18.5 Å². The molecule has 0 aromatic carbocycles. The molecule has 0 aliphatic carbocycles. The van der Waals surface area contributed by atoms with Crippen LogP contribution in [-0.4, -0.2) is 55.4 Å². The lowest BCUT2D eigenvalue weighted by Crippen LogP contribution is -2.38. The van der Waals surface area contributed by atoms with E-state index in [1.165, 1.54) is 0 Å². The van der Waals surface area contributed by atoms with Crippen LogP contribution in [0.1, 0.15) is 27.7 Å². The van der Waals surface area contributed by atoms with Crippen molar-refractivity contribution in [2.45, 2.75) is 38.9 Å². The Hall–Kier alpha value is 0.0300. The van der Waals surface area contributed by atoms with Gasteiger partial charge in [0.25, 0.3) is 0 Å². The van der Waals surface area contributed by atoms with E-state index in [1.54, 1.807) is 4.67 Å². The molecule has 0 radical (unpaired) electrons. The van der Waals surface area contributed by atoms with E-state index in [0.717, 1.165) is 0 Å². The van der Waals surface area contributed by atoms with Crippen molar-refractivity contribution in [3.63, 3.8) is 0 Å². The second kappa shape index (κ2) is 5.43. The third-order valence-electron chi connectivity index (χ3n) is 3.24. The lowest BCUT2D eigenvalue weighted by molar-refractivity contribution is 0.136. The Morgan fingerprint density at radius 3 is 1.68 bits per heavy atom. The third-order valence-corrected chi connectivity index (χ3v) is 5.38. The Morgan fingerprint density at radius 2 is 1.42 bits per heavy atom. The number of nitrogens with zero attached hydrogens (tertiary/aromatic N) is 1. The van der Waals surface area contributed by atoms with Gasteiger partial charge in [0, 0.05) is 13.1 Å². The topological polar surface area (TPSA) is 63.8 Å². The molecule has 6 nitrogen and oxygen atoms in total. The molecule has 2 fully saturated rings. The average molecular weight is 293 g/mol. The van der Waals surface area contributed by atoms with Crippen molar-refractivity contribution in [2.75, 3.05) is 39.5 Å². The number of ether oxygens (including phenoxy) is 2. The van der Waals surface area contributed by atoms with E-state index in [2.05, 4.69) is 0 Å². The summed E-state index contributed by atoms with van der Waals surface area (Å²) in [6, 6.07) is 0. The Balaban J connectivity index is 2.10. The Morgan fingerprint density at radius 1 is 1.05 bits per heavy atom. The minimum absolute atomic E-state index is 0.241. The third kappa shape index (κ3) is 4.00. The molecule has 0 aromatic rings. The second-order valence-corrected chi connectivity index (χ2v) is 7.62. The maximum absolute atomic E-state index is 12.9. The molecule has 2 heterocycles. The van der Waals surface area contributed by atoms with Crippen LogP contribution in [0.25, 0.3) is 0 Å². The Kier molecular flexibility index (Phi) is 4.41. The first-order chi connectivity index (χ1) is 8.85. The van der Waals surface area contributed by atoms with Crippen molar-refractivity contribution in [1.29, 1.82) is 0 Å². The molecule has 0 saturated carbocycles. The summed E-state index contributed by atoms with van der Waals surface area (Å²) >= 11 is 0. The summed E-state index contributed by atoms with van der Waals surface area (Å²) in [5.74, 6) is 0. The molecule has 0 N–H and O–H groups in total. The molecule has 7 heteroatoms. The van der Waals surface area contributed by atoms with E-state index < -0.39 is 7.75 Å². The monoisotopic (exact) mass is 293 g/mol. The molecule has 0 amide bonds. The maximum Gasteiger partial charge on any atom is 0.408 e. The van der Waals surface area contributed by atoms with Crippen LogP contribution in [0, 0.1) is 0 Å². The van der Waals surface area contributed by atoms with Crippen LogP contribution in [0.3, 0.4) is 0 Å². The molecule has 2 aliphatic rings. The molecule has 0 bridgehead atoms. The fourth-order valence-electron chi connectivity index (χ4n) is 1.96. The van der Waals surface area contributed by atoms with Gasteiger partial charge in [-0.25, -0.2) is 9.24 Å². The van der Waals surface area contributed by atoms with Crippen molar-refractivity contribution in [1.82, 2.24) is 4.67 Å². The SMILES string of the molecule is CCOP(=O)(OCC)N(CC1(C)CO1)CC1(C)CO1. The summed E-state index contributed by atoms with van der Waals surface area (Å²) < 4.78 is 36.3. The Bertz CT molecular complexity index is 337. The molecule has 2 atom stereocenters. The molecule has 2 rings (SSSR count). The summed E-state index contributed by atoms with van der Waals surface area (Å²) in [6.45, 7) is 10.7. The molecule has 2 saturated heterocycles. The van der Waals surface area contributed by atoms with Crippen LogP contribution in [0.4, 0.5) is 0 Å². The largest absolute Gasteiger partial charge is 0.408 e. The van der Waals surface area contributed by atoms with Gasteiger partial charge < -0.3 is 9.47 Å². The number of rotatable bonds is 9. The van der Waals surface area contributed by atoms with Gasteiger partial charge in [-0.2, -0.15) is 0 Å². The lowest BCUT2D eigenvalue weighted by atomic mass is 10.2. The normalized spacial score (nSPS) is 33.7. The molecular weight excluding hydrogens is 269 g/mol. The zero-order valence-corrected chi connectivity index (χ0v) is 13.1. The summed E-state index contributed by atoms with van der Waals surface area (Å²) in [6.07, 6.45) is 0. The van der Waals surface area contributed by atoms with Gasteiger partial charge in [0.15, 0.2) is 0 Å². The van der Waals surface area contributed by atoms with Crippen LogP contribution in [-0.2, 0) is 23.1 Å². The zero-order chi connectivity index (χ0) is 14.1. The zero-order valence-electron chi connectivity index (χ0n) is 12.2. The summed E-state index contributed by atoms with van der Waals surface area (Å²) in [5.41, 5.74) is -0.482. The highest BCUT2D eigenvalue weighted by atomic mass is 31.2. The van der Waals surface area contributed by atoms with E-state index in [1.807, 2.05) is 27.7 Å².